The lowest BCUT2D eigenvalue weighted by Crippen LogP contribution is -2.31. The summed E-state index contributed by atoms with van der Waals surface area (Å²) in [5.41, 5.74) is 0.549. The van der Waals surface area contributed by atoms with Gasteiger partial charge in [-0.05, 0) is 37.1 Å². The van der Waals surface area contributed by atoms with Crippen LogP contribution in [0.4, 0.5) is 5.69 Å². The summed E-state index contributed by atoms with van der Waals surface area (Å²) in [5.74, 6) is 0. The smallest absolute Gasteiger partial charge is 0.240 e. The van der Waals surface area contributed by atoms with Crippen LogP contribution in [0.3, 0.4) is 0 Å². The fraction of sp³-hybridized carbons (Fsp3) is 0.417. The van der Waals surface area contributed by atoms with E-state index in [0.717, 1.165) is 12.8 Å². The Hall–Kier alpha value is -1.44. The second kappa shape index (κ2) is 6.14. The van der Waals surface area contributed by atoms with Crippen LogP contribution in [-0.2, 0) is 19.6 Å². The zero-order valence-corrected chi connectivity index (χ0v) is 11.2. The summed E-state index contributed by atoms with van der Waals surface area (Å²) in [5, 5.41) is 2.45. The molecule has 0 bridgehead atoms. The number of nitrogens with one attached hydrogen (secondary N) is 2. The van der Waals surface area contributed by atoms with Crippen molar-refractivity contribution in [2.75, 3.05) is 18.5 Å². The van der Waals surface area contributed by atoms with Gasteiger partial charge in [-0.25, -0.2) is 13.1 Å². The Morgan fingerprint density at radius 1 is 1.32 bits per heavy atom. The van der Waals surface area contributed by atoms with Gasteiger partial charge in [-0.2, -0.15) is 0 Å². The van der Waals surface area contributed by atoms with Gasteiger partial charge in [0.1, 0.15) is 0 Å². The largest absolute Gasteiger partial charge is 0.377 e. The molecule has 1 aliphatic heterocycles. The summed E-state index contributed by atoms with van der Waals surface area (Å²) >= 11 is 0. The summed E-state index contributed by atoms with van der Waals surface area (Å²) in [7, 11) is -3.53. The summed E-state index contributed by atoms with van der Waals surface area (Å²) in [6.45, 7) is 0.981. The van der Waals surface area contributed by atoms with Crippen molar-refractivity contribution >= 4 is 22.1 Å². The fourth-order valence-electron chi connectivity index (χ4n) is 1.89. The number of carbonyl (C=O) groups is 1. The molecule has 0 saturated carbocycles. The average Bonchev–Trinajstić information content (AvgIpc) is 2.91. The van der Waals surface area contributed by atoms with E-state index in [-0.39, 0.29) is 17.5 Å². The minimum Gasteiger partial charge on any atom is -0.377 e. The highest BCUT2D eigenvalue weighted by Gasteiger charge is 2.20. The Bertz CT molecular complexity index is 521. The van der Waals surface area contributed by atoms with Crippen LogP contribution in [0, 0.1) is 0 Å². The van der Waals surface area contributed by atoms with E-state index in [1.807, 2.05) is 0 Å². The molecule has 0 aromatic heterocycles. The Morgan fingerprint density at radius 3 is 2.63 bits per heavy atom. The maximum absolute atomic E-state index is 12.0. The van der Waals surface area contributed by atoms with Gasteiger partial charge < -0.3 is 10.1 Å². The van der Waals surface area contributed by atoms with Crippen LogP contribution in [0.5, 0.6) is 0 Å². The third kappa shape index (κ3) is 3.76. The highest BCUT2D eigenvalue weighted by atomic mass is 32.2. The number of ether oxygens (including phenoxy) is 1. The predicted molar refractivity (Wildman–Crippen MR) is 70.3 cm³/mol. The van der Waals surface area contributed by atoms with Gasteiger partial charge in [0.15, 0.2) is 0 Å². The molecule has 7 heteroatoms. The molecular formula is C12H16N2O4S. The lowest BCUT2D eigenvalue weighted by atomic mass is 10.2. The molecule has 0 radical (unpaired) electrons. The number of hydrogen-bond acceptors (Lipinski definition) is 4. The molecule has 1 fully saturated rings. The molecule has 104 valence electrons. The van der Waals surface area contributed by atoms with Crippen molar-refractivity contribution in [1.29, 1.82) is 0 Å². The van der Waals surface area contributed by atoms with Crippen LogP contribution in [0.2, 0.25) is 0 Å². The molecular weight excluding hydrogens is 268 g/mol. The molecule has 1 unspecified atom stereocenters. The standard InChI is InChI=1S/C12H16N2O4S/c15-9-13-10-3-5-12(6-4-10)19(16,17)14-8-11-2-1-7-18-11/h3-6,9,11,14H,1-2,7-8H2,(H,13,15). The number of benzene rings is 1. The zero-order chi connectivity index (χ0) is 13.7. The topological polar surface area (TPSA) is 84.5 Å². The van der Waals surface area contributed by atoms with Crippen molar-refractivity contribution in [2.24, 2.45) is 0 Å². The van der Waals surface area contributed by atoms with E-state index in [0.29, 0.717) is 18.7 Å². The summed E-state index contributed by atoms with van der Waals surface area (Å²) in [6, 6.07) is 5.97. The molecule has 1 aliphatic rings. The minimum absolute atomic E-state index is 0.0363. The van der Waals surface area contributed by atoms with Crippen molar-refractivity contribution in [3.8, 4) is 0 Å². The van der Waals surface area contributed by atoms with E-state index in [2.05, 4.69) is 10.0 Å². The maximum atomic E-state index is 12.0. The highest BCUT2D eigenvalue weighted by molar-refractivity contribution is 7.89. The van der Waals surface area contributed by atoms with Gasteiger partial charge in [0.2, 0.25) is 16.4 Å². The quantitative estimate of drug-likeness (QED) is 0.754. The van der Waals surface area contributed by atoms with Gasteiger partial charge in [0, 0.05) is 18.8 Å². The van der Waals surface area contributed by atoms with Crippen molar-refractivity contribution in [3.05, 3.63) is 24.3 Å². The van der Waals surface area contributed by atoms with Gasteiger partial charge in [-0.15, -0.1) is 0 Å². The minimum atomic E-state index is -3.53. The molecule has 1 atom stereocenters. The second-order valence-corrected chi connectivity index (χ2v) is 6.04. The van der Waals surface area contributed by atoms with Crippen LogP contribution >= 0.6 is 0 Å². The first-order valence-electron chi connectivity index (χ1n) is 6.03. The van der Waals surface area contributed by atoms with Gasteiger partial charge in [0.25, 0.3) is 0 Å². The zero-order valence-electron chi connectivity index (χ0n) is 10.3. The molecule has 19 heavy (non-hydrogen) atoms. The lowest BCUT2D eigenvalue weighted by molar-refractivity contribution is -0.105. The Kier molecular flexibility index (Phi) is 4.52. The van der Waals surface area contributed by atoms with E-state index >= 15 is 0 Å². The summed E-state index contributed by atoms with van der Waals surface area (Å²) in [4.78, 5) is 10.4. The second-order valence-electron chi connectivity index (χ2n) is 4.27. The molecule has 2 rings (SSSR count). The molecule has 1 aromatic carbocycles. The highest BCUT2D eigenvalue weighted by Crippen LogP contribution is 2.15. The number of sulfonamides is 1. The third-order valence-electron chi connectivity index (χ3n) is 2.92. The molecule has 6 nitrogen and oxygen atoms in total. The van der Waals surface area contributed by atoms with Crippen LogP contribution in [0.15, 0.2) is 29.2 Å². The first-order valence-corrected chi connectivity index (χ1v) is 7.51. The maximum Gasteiger partial charge on any atom is 0.240 e. The normalized spacial score (nSPS) is 19.3. The number of rotatable bonds is 6. The van der Waals surface area contributed by atoms with Gasteiger partial charge in [-0.1, -0.05) is 0 Å². The predicted octanol–water partition coefficient (Wildman–Crippen LogP) is 0.712. The van der Waals surface area contributed by atoms with E-state index < -0.39 is 10.0 Å². The summed E-state index contributed by atoms with van der Waals surface area (Å²) < 4.78 is 31.9. The molecule has 1 aromatic rings. The Balaban J connectivity index is 1.99. The number of anilines is 1. The van der Waals surface area contributed by atoms with E-state index in [4.69, 9.17) is 4.74 Å². The van der Waals surface area contributed by atoms with Crippen molar-refractivity contribution < 1.29 is 17.9 Å². The third-order valence-corrected chi connectivity index (χ3v) is 4.35. The molecule has 1 amide bonds. The van der Waals surface area contributed by atoms with Crippen molar-refractivity contribution in [3.63, 3.8) is 0 Å². The Morgan fingerprint density at radius 2 is 2.05 bits per heavy atom. The van der Waals surface area contributed by atoms with Gasteiger partial charge in [-0.3, -0.25) is 4.79 Å². The monoisotopic (exact) mass is 284 g/mol. The SMILES string of the molecule is O=CNc1ccc(S(=O)(=O)NCC2CCCO2)cc1. The molecule has 1 saturated heterocycles. The molecule has 0 spiro atoms. The average molecular weight is 284 g/mol. The first-order chi connectivity index (χ1) is 9.12. The first kappa shape index (κ1) is 14.0. The number of hydrogen-bond donors (Lipinski definition) is 2. The number of amides is 1. The Labute approximate surface area is 112 Å². The van der Waals surface area contributed by atoms with E-state index in [9.17, 15) is 13.2 Å². The van der Waals surface area contributed by atoms with Gasteiger partial charge >= 0.3 is 0 Å². The van der Waals surface area contributed by atoms with Crippen molar-refractivity contribution in [2.45, 2.75) is 23.8 Å². The molecule has 0 aliphatic carbocycles. The van der Waals surface area contributed by atoms with Gasteiger partial charge in [0.05, 0.1) is 11.0 Å². The lowest BCUT2D eigenvalue weighted by Gasteiger charge is -2.11. The van der Waals surface area contributed by atoms with E-state index in [1.165, 1.54) is 24.3 Å². The molecule has 1 heterocycles. The molecule has 2 N–H and O–H groups in total. The van der Waals surface area contributed by atoms with Crippen LogP contribution in [0.1, 0.15) is 12.8 Å². The summed E-state index contributed by atoms with van der Waals surface area (Å²) in [6.07, 6.45) is 2.35. The van der Waals surface area contributed by atoms with Crippen LogP contribution in [-0.4, -0.2) is 34.1 Å². The van der Waals surface area contributed by atoms with Crippen LogP contribution < -0.4 is 10.0 Å². The fourth-order valence-corrected chi connectivity index (χ4v) is 2.96. The number of carbonyl (C=O) groups excluding carboxylic acids is 1. The van der Waals surface area contributed by atoms with E-state index in [1.54, 1.807) is 0 Å². The van der Waals surface area contributed by atoms with Crippen LogP contribution in [0.25, 0.3) is 0 Å². The van der Waals surface area contributed by atoms with Crippen molar-refractivity contribution in [1.82, 2.24) is 4.72 Å².